The minimum Gasteiger partial charge on any atom is -0.493 e. The summed E-state index contributed by atoms with van der Waals surface area (Å²) in [6.07, 6.45) is -11.5. The van der Waals surface area contributed by atoms with Gasteiger partial charge >= 0.3 is 0 Å². The molecule has 4 aliphatic rings. The summed E-state index contributed by atoms with van der Waals surface area (Å²) in [6.45, 7) is -3.90. The number of methoxy groups -OCH3 is 1. The van der Waals surface area contributed by atoms with E-state index in [2.05, 4.69) is 0 Å². The summed E-state index contributed by atoms with van der Waals surface area (Å²) in [5.41, 5.74) is -7.02. The third-order valence-corrected chi connectivity index (χ3v) is 5.14. The van der Waals surface area contributed by atoms with Crippen LogP contribution in [0.25, 0.3) is 0 Å². The molecule has 1 unspecified atom stereocenters. The molecule has 23 heavy (non-hydrogen) atoms. The SMILES string of the molecule is [2H]c1c([2H])c2c3c(c1OC([2H])([2H])[2H])OC1([2H])C(=O)C([2H])([2H])C[C@]4(O)[C@@]31CCN(C([2H])([2H])[2H])[C@]4([2H])C2([2H])[2H]. The van der Waals surface area contributed by atoms with Crippen LogP contribution >= 0.6 is 0 Å². The maximum absolute atomic E-state index is 13.4. The van der Waals surface area contributed by atoms with Crippen molar-refractivity contribution in [1.82, 2.24) is 4.90 Å². The Kier molecular flexibility index (Phi) is 1.02. The number of hydrogen-bond acceptors (Lipinski definition) is 5. The van der Waals surface area contributed by atoms with Crippen LogP contribution in [0.4, 0.5) is 0 Å². The first kappa shape index (κ1) is 5.74. The number of piperidine rings is 1. The van der Waals surface area contributed by atoms with Gasteiger partial charge in [0.25, 0.3) is 0 Å². The Labute approximate surface area is 154 Å². The average molecular weight is 329 g/mol. The number of likely N-dealkylation sites (N-methyl/N-ethyl adjacent to an activating group) is 1. The van der Waals surface area contributed by atoms with Gasteiger partial charge in [-0.15, -0.1) is 0 Å². The molecule has 1 N–H and O–H groups in total. The molecule has 2 bridgehead atoms. The second-order valence-electron chi connectivity index (χ2n) is 6.02. The number of benzene rings is 1. The number of carbonyl (C=O) groups is 1. The zero-order valence-corrected chi connectivity index (χ0v) is 11.7. The van der Waals surface area contributed by atoms with E-state index in [1.807, 2.05) is 0 Å². The monoisotopic (exact) mass is 329 g/mol. The molecular weight excluding hydrogens is 294 g/mol. The van der Waals surface area contributed by atoms with Gasteiger partial charge in [0.1, 0.15) is 0 Å². The Balaban J connectivity index is 2.02. The lowest BCUT2D eigenvalue weighted by Crippen LogP contribution is -2.76. The normalized spacial score (nSPS) is 61.3. The van der Waals surface area contributed by atoms with Crippen LogP contribution in [0.5, 0.6) is 11.5 Å². The van der Waals surface area contributed by atoms with Gasteiger partial charge in [-0.2, -0.15) is 0 Å². The van der Waals surface area contributed by atoms with Gasteiger partial charge in [0.15, 0.2) is 23.4 Å². The van der Waals surface area contributed by atoms with E-state index < -0.39 is 110 Å². The van der Waals surface area contributed by atoms with Crippen molar-refractivity contribution in [2.75, 3.05) is 20.6 Å². The van der Waals surface area contributed by atoms with E-state index in [9.17, 15) is 11.3 Å². The van der Waals surface area contributed by atoms with Crippen LogP contribution in [0.3, 0.4) is 0 Å². The van der Waals surface area contributed by atoms with Gasteiger partial charge in [0.05, 0.1) is 27.6 Å². The molecule has 1 aromatic carbocycles. The number of rotatable bonds is 1. The number of Topliss-reactive ketones (excluding diaryl/α,β-unsaturated/α-hetero) is 1. The van der Waals surface area contributed by atoms with E-state index in [1.54, 1.807) is 0 Å². The molecule has 2 heterocycles. The maximum Gasteiger partial charge on any atom is 0.174 e. The van der Waals surface area contributed by atoms with Crippen LogP contribution in [0.2, 0.25) is 0 Å². The predicted molar refractivity (Wildman–Crippen MR) is 83.0 cm³/mol. The lowest BCUT2D eigenvalue weighted by Gasteiger charge is -2.62. The number of carbonyl (C=O) groups excluding carboxylic acids is 1. The third kappa shape index (κ3) is 1.32. The number of nitrogens with zero attached hydrogens (tertiary/aromatic N) is 1. The Morgan fingerprint density at radius 1 is 1.61 bits per heavy atom. The van der Waals surface area contributed by atoms with Crippen molar-refractivity contribution in [3.8, 4) is 11.5 Å². The van der Waals surface area contributed by atoms with Crippen LogP contribution in [0.1, 0.15) is 49.5 Å². The lowest BCUT2D eigenvalue weighted by atomic mass is 9.49. The molecule has 1 spiro atoms. The van der Waals surface area contributed by atoms with E-state index in [0.717, 1.165) is 0 Å². The minimum absolute atomic E-state index is 0.342. The number of likely N-dealkylation sites (tertiary alicyclic amines) is 1. The van der Waals surface area contributed by atoms with E-state index in [4.69, 9.17) is 27.3 Å². The quantitative estimate of drug-likeness (QED) is 0.834. The molecule has 1 saturated heterocycles. The van der Waals surface area contributed by atoms with E-state index >= 15 is 0 Å². The molecule has 5 heteroatoms. The summed E-state index contributed by atoms with van der Waals surface area (Å²) in [5, 5.41) is 12.3. The van der Waals surface area contributed by atoms with Crippen LogP contribution in [0, 0.1) is 0 Å². The highest BCUT2D eigenvalue weighted by molar-refractivity contribution is 5.90. The zero-order valence-electron chi connectivity index (χ0n) is 25.7. The molecule has 4 atom stereocenters. The summed E-state index contributed by atoms with van der Waals surface area (Å²) in [6, 6.07) is -5.35. The van der Waals surface area contributed by atoms with Crippen molar-refractivity contribution in [3.05, 3.63) is 23.2 Å². The van der Waals surface area contributed by atoms with Crippen molar-refractivity contribution in [3.63, 3.8) is 0 Å². The summed E-state index contributed by atoms with van der Waals surface area (Å²) < 4.78 is 126. The van der Waals surface area contributed by atoms with Gasteiger partial charge in [-0.1, -0.05) is 6.04 Å². The van der Waals surface area contributed by atoms with Gasteiger partial charge in [0.2, 0.25) is 0 Å². The first-order chi connectivity index (χ1) is 16.5. The number of hydrogen-bond donors (Lipinski definition) is 1. The lowest BCUT2D eigenvalue weighted by molar-refractivity contribution is -0.185. The van der Waals surface area contributed by atoms with Crippen molar-refractivity contribution in [2.45, 2.75) is 48.7 Å². The number of ketones is 1. The summed E-state index contributed by atoms with van der Waals surface area (Å²) in [5.74, 6) is -3.28. The fraction of sp³-hybridized carbons (Fsp3) is 0.611. The molecule has 2 aliphatic carbocycles. The summed E-state index contributed by atoms with van der Waals surface area (Å²) in [7, 11) is -3.23. The molecular formula is C18H21NO4. The van der Waals surface area contributed by atoms with Crippen LogP contribution in [0.15, 0.2) is 12.1 Å². The third-order valence-electron chi connectivity index (χ3n) is 5.14. The highest BCUT2D eigenvalue weighted by Crippen LogP contribution is 2.64. The summed E-state index contributed by atoms with van der Waals surface area (Å²) >= 11 is 0. The molecule has 1 aromatic rings. The first-order valence-electron chi connectivity index (χ1n) is 14.1. The number of aliphatic hydroxyl groups is 1. The van der Waals surface area contributed by atoms with Crippen LogP contribution in [-0.4, -0.2) is 54.0 Å². The Bertz CT molecular complexity index is 1260. The molecule has 2 aliphatic heterocycles. The van der Waals surface area contributed by atoms with Crippen molar-refractivity contribution in [1.29, 1.82) is 0 Å². The maximum atomic E-state index is 13.4. The minimum atomic E-state index is -3.33. The van der Waals surface area contributed by atoms with Gasteiger partial charge < -0.3 is 19.5 Å². The van der Waals surface area contributed by atoms with E-state index in [1.165, 1.54) is 0 Å². The smallest absolute Gasteiger partial charge is 0.174 e. The Hall–Kier alpha value is -1.59. The standard InChI is InChI=1S/C18H21NO4/c1-19-8-7-17-14-10-3-4-12(22-2)15(14)23-16(17)11(20)5-6-18(17,21)13(19)9-10/h3-4,13,16,21H,5-9H2,1-2H3/t13-,16?,17+,18-/m1/s1/i1D3,2D3,3D,4D,5D2,9D2,13D,16D. The molecule has 2 fully saturated rings. The Morgan fingerprint density at radius 3 is 3.35 bits per heavy atom. The largest absolute Gasteiger partial charge is 0.493 e. The molecule has 122 valence electrons. The van der Waals surface area contributed by atoms with Crippen molar-refractivity contribution >= 4 is 5.78 Å². The topological polar surface area (TPSA) is 59.0 Å². The first-order valence-corrected chi connectivity index (χ1v) is 7.07. The van der Waals surface area contributed by atoms with Gasteiger partial charge in [-0.3, -0.25) is 4.79 Å². The highest BCUT2D eigenvalue weighted by Gasteiger charge is 2.72. The number of ether oxygens (including phenoxy) is 2. The van der Waals surface area contributed by atoms with Crippen molar-refractivity contribution < 1.29 is 38.6 Å². The van der Waals surface area contributed by atoms with Gasteiger partial charge in [-0.25, -0.2) is 0 Å². The Morgan fingerprint density at radius 2 is 2.52 bits per heavy atom. The second-order valence-corrected chi connectivity index (χ2v) is 6.02. The summed E-state index contributed by atoms with van der Waals surface area (Å²) in [4.78, 5) is 13.8. The predicted octanol–water partition coefficient (Wildman–Crippen LogP) is 1.05. The van der Waals surface area contributed by atoms with Crippen LogP contribution in [-0.2, 0) is 16.6 Å². The fourth-order valence-corrected chi connectivity index (χ4v) is 4.15. The second kappa shape index (κ2) is 4.08. The average Bonchev–Trinajstić information content (AvgIpc) is 2.96. The molecule has 0 amide bonds. The molecule has 0 aromatic heterocycles. The van der Waals surface area contributed by atoms with Gasteiger partial charge in [0, 0.05) is 27.5 Å². The van der Waals surface area contributed by atoms with E-state index in [0.29, 0.717) is 4.90 Å². The molecule has 5 rings (SSSR count). The molecule has 1 saturated carbocycles. The van der Waals surface area contributed by atoms with Gasteiger partial charge in [-0.05, 0) is 44.3 Å². The van der Waals surface area contributed by atoms with Crippen LogP contribution < -0.4 is 9.47 Å². The van der Waals surface area contributed by atoms with E-state index in [-0.39, 0.29) is 0 Å². The fourth-order valence-electron chi connectivity index (χ4n) is 4.15. The molecule has 5 nitrogen and oxygen atoms in total. The van der Waals surface area contributed by atoms with Crippen molar-refractivity contribution in [2.24, 2.45) is 0 Å². The highest BCUT2D eigenvalue weighted by atomic mass is 16.5. The molecule has 0 radical (unpaired) electrons. The zero-order chi connectivity index (χ0) is 28.2.